The quantitative estimate of drug-likeness (QED) is 0.775. The summed E-state index contributed by atoms with van der Waals surface area (Å²) < 4.78 is 0. The molecule has 2 amide bonds. The van der Waals surface area contributed by atoms with Crippen LogP contribution in [0.3, 0.4) is 0 Å². The van der Waals surface area contributed by atoms with Crippen molar-refractivity contribution in [1.29, 1.82) is 0 Å². The van der Waals surface area contributed by atoms with Crippen LogP contribution >= 0.6 is 11.3 Å². The van der Waals surface area contributed by atoms with Gasteiger partial charge < -0.3 is 10.6 Å². The molecule has 1 aliphatic heterocycles. The minimum Gasteiger partial charge on any atom is -0.370 e. The second kappa shape index (κ2) is 8.84. The smallest absolute Gasteiger partial charge is 0.254 e. The number of nitrogens with zero attached hydrogens (tertiary/aromatic N) is 3. The highest BCUT2D eigenvalue weighted by Gasteiger charge is 2.27. The highest BCUT2D eigenvalue weighted by atomic mass is 32.1. The molecule has 150 valence electrons. The predicted octanol–water partition coefficient (Wildman–Crippen LogP) is 2.60. The third kappa shape index (κ3) is 4.59. The topological polar surface area (TPSA) is 79.5 Å². The van der Waals surface area contributed by atoms with Gasteiger partial charge in [0.15, 0.2) is 0 Å². The van der Waals surface area contributed by atoms with Crippen molar-refractivity contribution in [2.45, 2.75) is 52.2 Å². The van der Waals surface area contributed by atoms with Crippen LogP contribution in [0, 0.1) is 0 Å². The fourth-order valence-electron chi connectivity index (χ4n) is 3.50. The van der Waals surface area contributed by atoms with E-state index in [1.54, 1.807) is 23.3 Å². The highest BCUT2D eigenvalue weighted by Crippen LogP contribution is 2.30. The molecule has 1 unspecified atom stereocenters. The van der Waals surface area contributed by atoms with Gasteiger partial charge in [0.1, 0.15) is 0 Å². The molecule has 0 bridgehead atoms. The number of thiophene rings is 1. The summed E-state index contributed by atoms with van der Waals surface area (Å²) in [6.45, 7) is 6.54. The lowest BCUT2D eigenvalue weighted by atomic mass is 10.0. The SMILES string of the molecule is CCc1ccc(CN2CCc3c(C(=O)N(C)C(C)CC(N)=O)csc3C2)nc1. The van der Waals surface area contributed by atoms with E-state index in [4.69, 9.17) is 5.73 Å². The summed E-state index contributed by atoms with van der Waals surface area (Å²) in [5.74, 6) is -0.424. The van der Waals surface area contributed by atoms with E-state index in [1.807, 2.05) is 18.5 Å². The molecule has 0 radical (unpaired) electrons. The van der Waals surface area contributed by atoms with Crippen LogP contribution in [0.25, 0.3) is 0 Å². The summed E-state index contributed by atoms with van der Waals surface area (Å²) in [7, 11) is 1.74. The molecule has 0 aromatic carbocycles. The van der Waals surface area contributed by atoms with E-state index >= 15 is 0 Å². The van der Waals surface area contributed by atoms with E-state index in [0.29, 0.717) is 0 Å². The van der Waals surface area contributed by atoms with Crippen molar-refractivity contribution in [2.24, 2.45) is 5.73 Å². The summed E-state index contributed by atoms with van der Waals surface area (Å²) in [6, 6.07) is 4.04. The first-order valence-corrected chi connectivity index (χ1v) is 10.6. The molecular weight excluding hydrogens is 372 g/mol. The van der Waals surface area contributed by atoms with Crippen LogP contribution in [0.4, 0.5) is 0 Å². The van der Waals surface area contributed by atoms with Gasteiger partial charge in [-0.15, -0.1) is 11.3 Å². The van der Waals surface area contributed by atoms with Gasteiger partial charge in [-0.25, -0.2) is 0 Å². The highest BCUT2D eigenvalue weighted by molar-refractivity contribution is 7.10. The van der Waals surface area contributed by atoms with Gasteiger partial charge in [-0.05, 0) is 37.0 Å². The average molecular weight is 401 g/mol. The molecule has 0 spiro atoms. The lowest BCUT2D eigenvalue weighted by Crippen LogP contribution is -2.38. The number of amides is 2. The number of carbonyl (C=O) groups excluding carboxylic acids is 2. The monoisotopic (exact) mass is 400 g/mol. The molecule has 0 saturated heterocycles. The van der Waals surface area contributed by atoms with Gasteiger partial charge in [0.25, 0.3) is 5.91 Å². The number of fused-ring (bicyclic) bond motifs is 1. The molecule has 0 aliphatic carbocycles. The predicted molar refractivity (Wildman–Crippen MR) is 111 cm³/mol. The normalized spacial score (nSPS) is 15.1. The molecule has 28 heavy (non-hydrogen) atoms. The van der Waals surface area contributed by atoms with Gasteiger partial charge in [-0.2, -0.15) is 0 Å². The van der Waals surface area contributed by atoms with Crippen molar-refractivity contribution >= 4 is 23.2 Å². The molecule has 2 N–H and O–H groups in total. The zero-order valence-electron chi connectivity index (χ0n) is 16.8. The van der Waals surface area contributed by atoms with Crippen LogP contribution < -0.4 is 5.73 Å². The first-order valence-electron chi connectivity index (χ1n) is 9.69. The second-order valence-corrected chi connectivity index (χ2v) is 8.42. The Kier molecular flexibility index (Phi) is 6.46. The van der Waals surface area contributed by atoms with E-state index in [0.717, 1.165) is 49.3 Å². The first-order chi connectivity index (χ1) is 13.4. The number of pyridine rings is 1. The zero-order valence-corrected chi connectivity index (χ0v) is 17.6. The summed E-state index contributed by atoms with van der Waals surface area (Å²) in [4.78, 5) is 33.9. The maximum atomic E-state index is 12.9. The van der Waals surface area contributed by atoms with Crippen molar-refractivity contribution in [1.82, 2.24) is 14.8 Å². The van der Waals surface area contributed by atoms with Crippen molar-refractivity contribution in [2.75, 3.05) is 13.6 Å². The molecule has 0 fully saturated rings. The number of carbonyl (C=O) groups is 2. The molecule has 3 rings (SSSR count). The third-order valence-corrected chi connectivity index (χ3v) is 6.43. The molecule has 6 nitrogen and oxygen atoms in total. The summed E-state index contributed by atoms with van der Waals surface area (Å²) in [5, 5.41) is 1.96. The zero-order chi connectivity index (χ0) is 20.3. The largest absolute Gasteiger partial charge is 0.370 e. The van der Waals surface area contributed by atoms with Gasteiger partial charge in [0, 0.05) is 55.6 Å². The molecule has 7 heteroatoms. The number of hydrogen-bond donors (Lipinski definition) is 1. The van der Waals surface area contributed by atoms with Gasteiger partial charge in [-0.1, -0.05) is 13.0 Å². The number of primary amides is 1. The molecule has 2 aromatic rings. The van der Waals surface area contributed by atoms with Gasteiger partial charge >= 0.3 is 0 Å². The molecule has 2 aromatic heterocycles. The van der Waals surface area contributed by atoms with Crippen LogP contribution in [0.1, 0.15) is 52.3 Å². The van der Waals surface area contributed by atoms with E-state index in [2.05, 4.69) is 28.9 Å². The number of nitrogens with two attached hydrogens (primary N) is 1. The number of rotatable bonds is 7. The Bertz CT molecular complexity index is 847. The van der Waals surface area contributed by atoms with Crippen LogP contribution in [0.2, 0.25) is 0 Å². The first kappa shape index (κ1) is 20.5. The van der Waals surface area contributed by atoms with E-state index < -0.39 is 5.91 Å². The van der Waals surface area contributed by atoms with Crippen LogP contribution in [-0.2, 0) is 30.7 Å². The van der Waals surface area contributed by atoms with Gasteiger partial charge in [0.05, 0.1) is 11.3 Å². The van der Waals surface area contributed by atoms with Crippen LogP contribution in [-0.4, -0.2) is 46.2 Å². The average Bonchev–Trinajstić information content (AvgIpc) is 3.10. The van der Waals surface area contributed by atoms with Gasteiger partial charge in [0.2, 0.25) is 5.91 Å². The van der Waals surface area contributed by atoms with Crippen molar-refractivity contribution in [3.63, 3.8) is 0 Å². The van der Waals surface area contributed by atoms with Crippen LogP contribution in [0.15, 0.2) is 23.7 Å². The van der Waals surface area contributed by atoms with Crippen molar-refractivity contribution in [3.8, 4) is 0 Å². The molecule has 0 saturated carbocycles. The Morgan fingerprint density at radius 1 is 1.39 bits per heavy atom. The summed E-state index contributed by atoms with van der Waals surface area (Å²) >= 11 is 1.64. The van der Waals surface area contributed by atoms with E-state index in [9.17, 15) is 9.59 Å². The summed E-state index contributed by atoms with van der Waals surface area (Å²) in [5.41, 5.74) is 9.52. The maximum Gasteiger partial charge on any atom is 0.254 e. The van der Waals surface area contributed by atoms with E-state index in [1.165, 1.54) is 10.4 Å². The Morgan fingerprint density at radius 3 is 2.82 bits per heavy atom. The third-order valence-electron chi connectivity index (χ3n) is 5.41. The fraction of sp³-hybridized carbons (Fsp3) is 0.476. The Hall–Kier alpha value is -2.25. The summed E-state index contributed by atoms with van der Waals surface area (Å²) in [6.07, 6.45) is 3.98. The lowest BCUT2D eigenvalue weighted by Gasteiger charge is -2.28. The van der Waals surface area contributed by atoms with Crippen molar-refractivity contribution < 1.29 is 9.59 Å². The molecule has 1 atom stereocenters. The second-order valence-electron chi connectivity index (χ2n) is 7.46. The molecule has 1 aliphatic rings. The fourth-order valence-corrected chi connectivity index (χ4v) is 4.62. The van der Waals surface area contributed by atoms with Crippen molar-refractivity contribution in [3.05, 3.63) is 51.0 Å². The Balaban J connectivity index is 1.66. The number of hydrogen-bond acceptors (Lipinski definition) is 5. The molecular formula is C21H28N4O2S. The Labute approximate surface area is 170 Å². The molecule has 3 heterocycles. The number of aryl methyl sites for hydroxylation is 1. The minimum absolute atomic E-state index is 0.0310. The maximum absolute atomic E-state index is 12.9. The number of aromatic nitrogens is 1. The Morgan fingerprint density at radius 2 is 2.18 bits per heavy atom. The van der Waals surface area contributed by atoms with Crippen LogP contribution in [0.5, 0.6) is 0 Å². The minimum atomic E-state index is -0.393. The van der Waals surface area contributed by atoms with E-state index in [-0.39, 0.29) is 18.4 Å². The lowest BCUT2D eigenvalue weighted by molar-refractivity contribution is -0.118. The van der Waals surface area contributed by atoms with Gasteiger partial charge in [-0.3, -0.25) is 19.5 Å². The standard InChI is InChI=1S/C21H28N4O2S/c1-4-15-5-6-16(23-10-15)11-25-8-7-17-18(13-28-19(17)12-25)21(27)24(3)14(2)9-20(22)26/h5-6,10,13-14H,4,7-9,11-12H2,1-3H3,(H2,22,26).